The van der Waals surface area contributed by atoms with E-state index in [1.54, 1.807) is 12.1 Å². The zero-order valence-corrected chi connectivity index (χ0v) is 10.3. The monoisotopic (exact) mass is 234 g/mol. The van der Waals surface area contributed by atoms with Crippen LogP contribution in [0.1, 0.15) is 44.1 Å². The first-order valence-electron chi connectivity index (χ1n) is 6.71. The second kappa shape index (κ2) is 6.06. The van der Waals surface area contributed by atoms with E-state index in [-0.39, 0.29) is 11.9 Å². The van der Waals surface area contributed by atoms with Crippen molar-refractivity contribution in [2.24, 2.45) is 5.92 Å². The fourth-order valence-electron chi connectivity index (χ4n) is 2.79. The second-order valence-corrected chi connectivity index (χ2v) is 5.19. The Balaban J connectivity index is 1.93. The number of phenols is 1. The lowest BCUT2D eigenvalue weighted by molar-refractivity contribution is 0.0986. The molecule has 0 saturated heterocycles. The van der Waals surface area contributed by atoms with Crippen LogP contribution in [-0.2, 0) is 6.42 Å². The third kappa shape index (κ3) is 3.74. The Morgan fingerprint density at radius 1 is 1.12 bits per heavy atom. The molecule has 0 spiro atoms. The van der Waals surface area contributed by atoms with Crippen LogP contribution in [0.15, 0.2) is 24.3 Å². The third-order valence-corrected chi connectivity index (χ3v) is 3.80. The van der Waals surface area contributed by atoms with Gasteiger partial charge in [-0.15, -0.1) is 0 Å². The Morgan fingerprint density at radius 3 is 2.47 bits per heavy atom. The van der Waals surface area contributed by atoms with Crippen molar-refractivity contribution in [3.8, 4) is 5.75 Å². The number of benzene rings is 1. The van der Waals surface area contributed by atoms with E-state index < -0.39 is 0 Å². The molecule has 17 heavy (non-hydrogen) atoms. The summed E-state index contributed by atoms with van der Waals surface area (Å²) < 4.78 is 0. The van der Waals surface area contributed by atoms with Gasteiger partial charge in [-0.2, -0.15) is 0 Å². The van der Waals surface area contributed by atoms with Gasteiger partial charge in [-0.05, 0) is 42.9 Å². The van der Waals surface area contributed by atoms with Crippen LogP contribution in [-0.4, -0.2) is 16.3 Å². The molecule has 1 atom stereocenters. The molecule has 1 aliphatic carbocycles. The van der Waals surface area contributed by atoms with Crippen LogP contribution < -0.4 is 0 Å². The van der Waals surface area contributed by atoms with Crippen molar-refractivity contribution in [1.82, 2.24) is 0 Å². The van der Waals surface area contributed by atoms with E-state index in [1.807, 2.05) is 12.1 Å². The summed E-state index contributed by atoms with van der Waals surface area (Å²) in [6.07, 6.45) is 7.85. The molecule has 0 aromatic heterocycles. The van der Waals surface area contributed by atoms with Crippen molar-refractivity contribution in [1.29, 1.82) is 0 Å². The summed E-state index contributed by atoms with van der Waals surface area (Å²) >= 11 is 0. The maximum Gasteiger partial charge on any atom is 0.115 e. The van der Waals surface area contributed by atoms with Crippen molar-refractivity contribution < 1.29 is 10.2 Å². The van der Waals surface area contributed by atoms with Crippen molar-refractivity contribution >= 4 is 0 Å². The largest absolute Gasteiger partial charge is 0.508 e. The lowest BCUT2D eigenvalue weighted by atomic mass is 9.90. The highest BCUT2D eigenvalue weighted by Gasteiger charge is 2.20. The van der Waals surface area contributed by atoms with E-state index >= 15 is 0 Å². The summed E-state index contributed by atoms with van der Waals surface area (Å²) in [6.45, 7) is 0. The minimum Gasteiger partial charge on any atom is -0.508 e. The van der Waals surface area contributed by atoms with Crippen molar-refractivity contribution in [2.45, 2.75) is 51.0 Å². The van der Waals surface area contributed by atoms with Gasteiger partial charge in [-0.1, -0.05) is 37.8 Å². The molecule has 1 saturated carbocycles. The number of hydrogen-bond donors (Lipinski definition) is 2. The van der Waals surface area contributed by atoms with Crippen LogP contribution in [0.2, 0.25) is 0 Å². The number of hydrogen-bond acceptors (Lipinski definition) is 2. The minimum absolute atomic E-state index is 0.255. The second-order valence-electron chi connectivity index (χ2n) is 5.19. The number of aliphatic hydroxyl groups excluding tert-OH is 1. The van der Waals surface area contributed by atoms with Gasteiger partial charge in [-0.3, -0.25) is 0 Å². The molecule has 2 rings (SSSR count). The fraction of sp³-hybridized carbons (Fsp3) is 0.600. The smallest absolute Gasteiger partial charge is 0.115 e. The van der Waals surface area contributed by atoms with Gasteiger partial charge in [0.1, 0.15) is 5.75 Å². The van der Waals surface area contributed by atoms with Crippen LogP contribution >= 0.6 is 0 Å². The Hall–Kier alpha value is -1.02. The van der Waals surface area contributed by atoms with Gasteiger partial charge in [0, 0.05) is 0 Å². The number of phenolic OH excluding ortho intramolecular Hbond substituents is 1. The van der Waals surface area contributed by atoms with Crippen LogP contribution in [0.3, 0.4) is 0 Å². The molecule has 1 aromatic carbocycles. The van der Waals surface area contributed by atoms with E-state index in [9.17, 15) is 10.2 Å². The van der Waals surface area contributed by atoms with Crippen molar-refractivity contribution in [2.75, 3.05) is 0 Å². The van der Waals surface area contributed by atoms with Crippen LogP contribution in [0, 0.1) is 5.92 Å². The first-order chi connectivity index (χ1) is 8.25. The van der Waals surface area contributed by atoms with E-state index in [0.29, 0.717) is 12.3 Å². The summed E-state index contributed by atoms with van der Waals surface area (Å²) in [5.41, 5.74) is 1.03. The maximum atomic E-state index is 10.3. The molecular weight excluding hydrogens is 212 g/mol. The molecule has 1 unspecified atom stereocenters. The molecule has 0 radical (unpaired) electrons. The molecule has 2 heteroatoms. The van der Waals surface area contributed by atoms with Gasteiger partial charge in [-0.25, -0.2) is 0 Å². The summed E-state index contributed by atoms with van der Waals surface area (Å²) in [4.78, 5) is 0. The van der Waals surface area contributed by atoms with Gasteiger partial charge < -0.3 is 10.2 Å². The summed E-state index contributed by atoms with van der Waals surface area (Å²) in [5, 5.41) is 19.7. The number of aliphatic hydroxyl groups is 1. The molecule has 0 bridgehead atoms. The SMILES string of the molecule is Oc1cccc(CC(O)C2CCCCCC2)c1. The lowest BCUT2D eigenvalue weighted by Gasteiger charge is -2.21. The Kier molecular flexibility index (Phi) is 4.43. The molecule has 1 aromatic rings. The van der Waals surface area contributed by atoms with Crippen molar-refractivity contribution in [3.05, 3.63) is 29.8 Å². The third-order valence-electron chi connectivity index (χ3n) is 3.80. The molecule has 2 nitrogen and oxygen atoms in total. The van der Waals surface area contributed by atoms with Crippen molar-refractivity contribution in [3.63, 3.8) is 0 Å². The number of aromatic hydroxyl groups is 1. The Bertz CT molecular complexity index is 341. The summed E-state index contributed by atoms with van der Waals surface area (Å²) in [7, 11) is 0. The van der Waals surface area contributed by atoms with E-state index in [1.165, 1.54) is 25.7 Å². The highest BCUT2D eigenvalue weighted by Crippen LogP contribution is 2.27. The Labute approximate surface area is 103 Å². The van der Waals surface area contributed by atoms with Gasteiger partial charge in [0.15, 0.2) is 0 Å². The first-order valence-corrected chi connectivity index (χ1v) is 6.71. The van der Waals surface area contributed by atoms with Gasteiger partial charge in [0.05, 0.1) is 6.10 Å². The fourth-order valence-corrected chi connectivity index (χ4v) is 2.79. The molecule has 94 valence electrons. The molecule has 0 amide bonds. The Morgan fingerprint density at radius 2 is 1.82 bits per heavy atom. The van der Waals surface area contributed by atoms with Gasteiger partial charge in [0.25, 0.3) is 0 Å². The number of rotatable bonds is 3. The average molecular weight is 234 g/mol. The summed E-state index contributed by atoms with van der Waals surface area (Å²) in [5.74, 6) is 0.732. The van der Waals surface area contributed by atoms with Crippen LogP contribution in [0.25, 0.3) is 0 Å². The topological polar surface area (TPSA) is 40.5 Å². The predicted octanol–water partition coefficient (Wildman–Crippen LogP) is 3.27. The normalized spacial score (nSPS) is 19.8. The highest BCUT2D eigenvalue weighted by atomic mass is 16.3. The van der Waals surface area contributed by atoms with E-state index in [0.717, 1.165) is 18.4 Å². The van der Waals surface area contributed by atoms with Gasteiger partial charge >= 0.3 is 0 Å². The molecule has 0 heterocycles. The molecule has 2 N–H and O–H groups in total. The first kappa shape index (κ1) is 12.4. The predicted molar refractivity (Wildman–Crippen MR) is 69.0 cm³/mol. The van der Waals surface area contributed by atoms with E-state index in [2.05, 4.69) is 0 Å². The summed E-state index contributed by atoms with van der Waals surface area (Å²) in [6, 6.07) is 7.23. The standard InChI is InChI=1S/C15H22O2/c16-14-9-5-6-12(10-14)11-15(17)13-7-3-1-2-4-8-13/h5-6,9-10,13,15-17H,1-4,7-8,11H2. The molecule has 1 fully saturated rings. The maximum absolute atomic E-state index is 10.3. The van der Waals surface area contributed by atoms with Gasteiger partial charge in [0.2, 0.25) is 0 Å². The quantitative estimate of drug-likeness (QED) is 0.788. The minimum atomic E-state index is -0.255. The molecule has 0 aliphatic heterocycles. The zero-order valence-electron chi connectivity index (χ0n) is 10.3. The molecule has 1 aliphatic rings. The lowest BCUT2D eigenvalue weighted by Crippen LogP contribution is -2.22. The zero-order chi connectivity index (χ0) is 12.1. The van der Waals surface area contributed by atoms with Crippen LogP contribution in [0.5, 0.6) is 5.75 Å². The van der Waals surface area contributed by atoms with Crippen LogP contribution in [0.4, 0.5) is 0 Å². The molecular formula is C15H22O2. The highest BCUT2D eigenvalue weighted by molar-refractivity contribution is 5.27. The van der Waals surface area contributed by atoms with E-state index in [4.69, 9.17) is 0 Å². The average Bonchev–Trinajstić information content (AvgIpc) is 2.57.